The number of rotatable bonds is 4. The molecular weight excluding hydrogens is 314 g/mol. The summed E-state index contributed by atoms with van der Waals surface area (Å²) in [5, 5.41) is 13.6. The van der Waals surface area contributed by atoms with Crippen LogP contribution in [0.3, 0.4) is 0 Å². The Hall–Kier alpha value is -2.19. The predicted molar refractivity (Wildman–Crippen MR) is 85.3 cm³/mol. The summed E-state index contributed by atoms with van der Waals surface area (Å²) in [7, 11) is 0. The van der Waals surface area contributed by atoms with Crippen molar-refractivity contribution in [3.05, 3.63) is 39.9 Å². The molecule has 2 aliphatic heterocycles. The van der Waals surface area contributed by atoms with Crippen molar-refractivity contribution in [1.82, 2.24) is 10.2 Å². The van der Waals surface area contributed by atoms with Gasteiger partial charge in [-0.25, -0.2) is 4.79 Å². The van der Waals surface area contributed by atoms with E-state index in [1.165, 1.54) is 12.1 Å². The maximum Gasteiger partial charge on any atom is 0.317 e. The van der Waals surface area contributed by atoms with Crippen LogP contribution in [0.15, 0.2) is 24.3 Å². The molecule has 0 bridgehead atoms. The van der Waals surface area contributed by atoms with Gasteiger partial charge in [-0.2, -0.15) is 0 Å². The van der Waals surface area contributed by atoms with Crippen LogP contribution in [0.4, 0.5) is 10.5 Å². The van der Waals surface area contributed by atoms with E-state index in [1.807, 2.05) is 0 Å². The molecule has 24 heavy (non-hydrogen) atoms. The second kappa shape index (κ2) is 7.59. The fourth-order valence-corrected chi connectivity index (χ4v) is 3.13. The summed E-state index contributed by atoms with van der Waals surface area (Å²) in [5.41, 5.74) is 0.726. The van der Waals surface area contributed by atoms with Crippen LogP contribution in [0.2, 0.25) is 0 Å². The lowest BCUT2D eigenvalue weighted by Crippen LogP contribution is -2.47. The zero-order valence-electron chi connectivity index (χ0n) is 13.3. The van der Waals surface area contributed by atoms with Gasteiger partial charge in [-0.05, 0) is 18.4 Å². The third-order valence-electron chi connectivity index (χ3n) is 4.34. The van der Waals surface area contributed by atoms with Gasteiger partial charge in [-0.3, -0.25) is 10.1 Å². The van der Waals surface area contributed by atoms with Crippen molar-refractivity contribution < 1.29 is 19.2 Å². The second-order valence-corrected chi connectivity index (χ2v) is 6.04. The molecule has 0 aromatic heterocycles. The second-order valence-electron chi connectivity index (χ2n) is 6.04. The van der Waals surface area contributed by atoms with E-state index in [-0.39, 0.29) is 30.5 Å². The highest BCUT2D eigenvalue weighted by atomic mass is 16.7. The number of ether oxygens (including phenoxy) is 2. The van der Waals surface area contributed by atoms with Gasteiger partial charge >= 0.3 is 6.03 Å². The standard InChI is InChI=1S/C16H21N3O5/c20-16(17-10-12-3-1-5-14(9-12)19(21)22)18-6-2-4-13(11-18)15-23-7-8-24-15/h1,3,5,9,13,15H,2,4,6-8,10-11H2,(H,17,20)/t13-/m0/s1. The number of non-ortho nitro benzene ring substituents is 1. The third-order valence-corrected chi connectivity index (χ3v) is 4.34. The lowest BCUT2D eigenvalue weighted by molar-refractivity contribution is -0.384. The number of amides is 2. The highest BCUT2D eigenvalue weighted by molar-refractivity contribution is 5.74. The molecule has 2 heterocycles. The van der Waals surface area contributed by atoms with Gasteiger partial charge in [0.25, 0.3) is 5.69 Å². The number of carbonyl (C=O) groups is 1. The van der Waals surface area contributed by atoms with E-state index in [0.29, 0.717) is 31.9 Å². The van der Waals surface area contributed by atoms with Crippen LogP contribution in [-0.2, 0) is 16.0 Å². The molecule has 1 N–H and O–H groups in total. The van der Waals surface area contributed by atoms with Gasteiger partial charge in [0.1, 0.15) is 0 Å². The molecule has 1 aromatic rings. The fraction of sp³-hybridized carbons (Fsp3) is 0.562. The Morgan fingerprint density at radius 2 is 2.17 bits per heavy atom. The molecule has 130 valence electrons. The van der Waals surface area contributed by atoms with Gasteiger partial charge in [-0.1, -0.05) is 12.1 Å². The van der Waals surface area contributed by atoms with E-state index in [9.17, 15) is 14.9 Å². The summed E-state index contributed by atoms with van der Waals surface area (Å²) in [6.07, 6.45) is 1.69. The Morgan fingerprint density at radius 3 is 2.92 bits per heavy atom. The molecule has 1 aromatic carbocycles. The van der Waals surface area contributed by atoms with Gasteiger partial charge in [0, 0.05) is 37.7 Å². The number of nitrogens with one attached hydrogen (secondary N) is 1. The minimum Gasteiger partial charge on any atom is -0.350 e. The van der Waals surface area contributed by atoms with E-state index in [1.54, 1.807) is 17.0 Å². The van der Waals surface area contributed by atoms with Crippen molar-refractivity contribution in [3.63, 3.8) is 0 Å². The van der Waals surface area contributed by atoms with Crippen molar-refractivity contribution in [2.45, 2.75) is 25.7 Å². The molecule has 3 rings (SSSR count). The average molecular weight is 335 g/mol. The zero-order chi connectivity index (χ0) is 16.9. The number of nitro benzene ring substituents is 1. The first-order valence-electron chi connectivity index (χ1n) is 8.13. The van der Waals surface area contributed by atoms with E-state index in [4.69, 9.17) is 9.47 Å². The van der Waals surface area contributed by atoms with Gasteiger partial charge in [-0.15, -0.1) is 0 Å². The molecule has 2 saturated heterocycles. The lowest BCUT2D eigenvalue weighted by Gasteiger charge is -2.34. The fourth-order valence-electron chi connectivity index (χ4n) is 3.13. The molecule has 0 unspecified atom stereocenters. The lowest BCUT2D eigenvalue weighted by atomic mass is 9.98. The molecule has 2 fully saturated rings. The summed E-state index contributed by atoms with van der Waals surface area (Å²) in [6.45, 7) is 2.79. The van der Waals surface area contributed by atoms with Gasteiger partial charge in [0.2, 0.25) is 0 Å². The highest BCUT2D eigenvalue weighted by Crippen LogP contribution is 2.25. The Balaban J connectivity index is 1.52. The number of urea groups is 1. The van der Waals surface area contributed by atoms with Crippen LogP contribution in [0.5, 0.6) is 0 Å². The Kier molecular flexibility index (Phi) is 5.27. The van der Waals surface area contributed by atoms with Crippen molar-refractivity contribution in [1.29, 1.82) is 0 Å². The molecule has 0 spiro atoms. The number of hydrogen-bond donors (Lipinski definition) is 1. The van der Waals surface area contributed by atoms with Crippen LogP contribution < -0.4 is 5.32 Å². The predicted octanol–water partition coefficient (Wildman–Crippen LogP) is 1.89. The molecule has 8 nitrogen and oxygen atoms in total. The van der Waals surface area contributed by atoms with E-state index in [2.05, 4.69) is 5.32 Å². The SMILES string of the molecule is O=C(NCc1cccc([N+](=O)[O-])c1)N1CCC[C@H](C2OCCO2)C1. The quantitative estimate of drug-likeness (QED) is 0.670. The van der Waals surface area contributed by atoms with Gasteiger partial charge in [0.05, 0.1) is 18.1 Å². The number of benzene rings is 1. The number of nitrogens with zero attached hydrogens (tertiary/aromatic N) is 2. The van der Waals surface area contributed by atoms with Crippen molar-refractivity contribution >= 4 is 11.7 Å². The number of hydrogen-bond acceptors (Lipinski definition) is 5. The Labute approximate surface area is 139 Å². The van der Waals surface area contributed by atoms with E-state index < -0.39 is 4.92 Å². The third kappa shape index (κ3) is 4.01. The number of carbonyl (C=O) groups excluding carboxylic acids is 1. The normalized spacial score (nSPS) is 21.7. The summed E-state index contributed by atoms with van der Waals surface area (Å²) >= 11 is 0. The van der Waals surface area contributed by atoms with Crippen LogP contribution in [-0.4, -0.2) is 48.4 Å². The summed E-state index contributed by atoms with van der Waals surface area (Å²) in [6, 6.07) is 6.11. The topological polar surface area (TPSA) is 93.9 Å². The molecule has 0 radical (unpaired) electrons. The van der Waals surface area contributed by atoms with Crippen LogP contribution in [0.1, 0.15) is 18.4 Å². The first-order valence-corrected chi connectivity index (χ1v) is 8.13. The molecule has 0 saturated carbocycles. The Bertz CT molecular complexity index is 603. The first-order chi connectivity index (χ1) is 11.6. The zero-order valence-corrected chi connectivity index (χ0v) is 13.3. The molecule has 8 heteroatoms. The monoisotopic (exact) mass is 335 g/mol. The molecule has 2 aliphatic rings. The van der Waals surface area contributed by atoms with E-state index in [0.717, 1.165) is 12.8 Å². The van der Waals surface area contributed by atoms with Crippen LogP contribution >= 0.6 is 0 Å². The molecule has 2 amide bonds. The molecular formula is C16H21N3O5. The largest absolute Gasteiger partial charge is 0.350 e. The smallest absolute Gasteiger partial charge is 0.317 e. The minimum absolute atomic E-state index is 0.0234. The summed E-state index contributed by atoms with van der Waals surface area (Å²) in [5.74, 6) is 0.199. The van der Waals surface area contributed by atoms with Crippen LogP contribution in [0, 0.1) is 16.0 Å². The van der Waals surface area contributed by atoms with Crippen LogP contribution in [0.25, 0.3) is 0 Å². The number of nitro groups is 1. The first kappa shape index (κ1) is 16.7. The van der Waals surface area contributed by atoms with Crippen molar-refractivity contribution in [3.8, 4) is 0 Å². The summed E-state index contributed by atoms with van der Waals surface area (Å²) in [4.78, 5) is 24.5. The Morgan fingerprint density at radius 1 is 1.38 bits per heavy atom. The highest BCUT2D eigenvalue weighted by Gasteiger charge is 2.32. The molecule has 1 atom stereocenters. The molecule has 0 aliphatic carbocycles. The minimum atomic E-state index is -0.442. The van der Waals surface area contributed by atoms with E-state index >= 15 is 0 Å². The number of likely N-dealkylation sites (tertiary alicyclic amines) is 1. The summed E-state index contributed by atoms with van der Waals surface area (Å²) < 4.78 is 11.1. The van der Waals surface area contributed by atoms with Gasteiger partial charge < -0.3 is 19.7 Å². The van der Waals surface area contributed by atoms with Crippen molar-refractivity contribution in [2.75, 3.05) is 26.3 Å². The van der Waals surface area contributed by atoms with Crippen molar-refractivity contribution in [2.24, 2.45) is 5.92 Å². The maximum atomic E-state index is 12.3. The number of piperidine rings is 1. The van der Waals surface area contributed by atoms with Gasteiger partial charge in [0.15, 0.2) is 6.29 Å². The maximum absolute atomic E-state index is 12.3. The average Bonchev–Trinajstić information content (AvgIpc) is 3.15.